The molecule has 53 heavy (non-hydrogen) atoms. The molecule has 8 nitrogen and oxygen atoms in total. The number of piperidine rings is 1. The van der Waals surface area contributed by atoms with Crippen molar-refractivity contribution >= 4 is 34.7 Å². The molecule has 2 saturated carbocycles. The van der Waals surface area contributed by atoms with Gasteiger partial charge in [-0.05, 0) is 92.4 Å². The number of aliphatic hydroxyl groups is 1. The zero-order valence-electron chi connectivity index (χ0n) is 30.7. The van der Waals surface area contributed by atoms with Crippen LogP contribution in [0.3, 0.4) is 0 Å². The van der Waals surface area contributed by atoms with Crippen molar-refractivity contribution in [3.8, 4) is 0 Å². The molecule has 8 rings (SSSR count). The van der Waals surface area contributed by atoms with E-state index in [0.717, 1.165) is 54.0 Å². The number of nitrogens with zero attached hydrogens (tertiary/aromatic N) is 3. The van der Waals surface area contributed by atoms with E-state index in [1.165, 1.54) is 38.6 Å². The monoisotopic (exact) mass is 782 g/mol. The number of carbonyl (C=O) groups is 3. The first-order chi connectivity index (χ1) is 25.4. The highest BCUT2D eigenvalue weighted by molar-refractivity contribution is 8.93. The molecule has 3 amide bonds. The maximum atomic E-state index is 14.7. The van der Waals surface area contributed by atoms with Crippen molar-refractivity contribution in [3.05, 3.63) is 108 Å². The Labute approximate surface area is 325 Å². The first kappa shape index (κ1) is 37.8. The van der Waals surface area contributed by atoms with E-state index in [2.05, 4.69) is 46.6 Å². The summed E-state index contributed by atoms with van der Waals surface area (Å²) in [6.45, 7) is 3.45. The predicted molar refractivity (Wildman–Crippen MR) is 212 cm³/mol. The Kier molecular flexibility index (Phi) is 11.7. The molecule has 0 bridgehead atoms. The highest BCUT2D eigenvalue weighted by atomic mass is 79.9. The van der Waals surface area contributed by atoms with Gasteiger partial charge in [0.25, 0.3) is 0 Å². The van der Waals surface area contributed by atoms with E-state index in [4.69, 9.17) is 0 Å². The van der Waals surface area contributed by atoms with E-state index in [1.54, 1.807) is 9.80 Å². The third kappa shape index (κ3) is 7.99. The Balaban J connectivity index is 0.00000435. The zero-order chi connectivity index (χ0) is 35.7. The number of amides is 3. The lowest BCUT2D eigenvalue weighted by Gasteiger charge is -2.39. The van der Waals surface area contributed by atoms with Crippen molar-refractivity contribution in [3.63, 3.8) is 0 Å². The number of likely N-dealkylation sites (tertiary alicyclic amines) is 3. The van der Waals surface area contributed by atoms with E-state index < -0.39 is 23.6 Å². The van der Waals surface area contributed by atoms with Gasteiger partial charge in [-0.2, -0.15) is 0 Å². The summed E-state index contributed by atoms with van der Waals surface area (Å²) in [6, 6.07) is 29.6. The summed E-state index contributed by atoms with van der Waals surface area (Å²) >= 11 is 0. The molecule has 2 N–H and O–H groups in total. The summed E-state index contributed by atoms with van der Waals surface area (Å²) in [5.74, 6) is 1.69. The summed E-state index contributed by atoms with van der Waals surface area (Å²) in [6.07, 6.45) is 8.61. The molecule has 0 aromatic heterocycles. The van der Waals surface area contributed by atoms with Gasteiger partial charge >= 0.3 is 0 Å². The molecule has 2 aliphatic carbocycles. The summed E-state index contributed by atoms with van der Waals surface area (Å²) in [4.78, 5) is 48.9. The number of benzene rings is 3. The number of halogens is 1. The van der Waals surface area contributed by atoms with Crippen LogP contribution in [0.15, 0.2) is 91.0 Å². The van der Waals surface area contributed by atoms with Crippen LogP contribution in [0.2, 0.25) is 0 Å². The molecule has 3 aliphatic heterocycles. The number of hydrogen-bond donors (Lipinski definition) is 2. The lowest BCUT2D eigenvalue weighted by Crippen LogP contribution is -2.54. The van der Waals surface area contributed by atoms with Crippen LogP contribution in [-0.2, 0) is 19.8 Å². The molecule has 3 aromatic rings. The zero-order valence-corrected chi connectivity index (χ0v) is 32.4. The number of hydrogen-bond acceptors (Lipinski definition) is 5. The van der Waals surface area contributed by atoms with Gasteiger partial charge in [-0.25, -0.2) is 0 Å². The first-order valence-corrected chi connectivity index (χ1v) is 19.9. The van der Waals surface area contributed by atoms with Crippen LogP contribution in [0.5, 0.6) is 0 Å². The van der Waals surface area contributed by atoms with Crippen molar-refractivity contribution in [2.75, 3.05) is 32.7 Å². The normalized spacial score (nSPS) is 24.9. The molecule has 0 radical (unpaired) electrons. The topological polar surface area (TPSA) is 93.2 Å². The van der Waals surface area contributed by atoms with Crippen molar-refractivity contribution in [2.45, 2.75) is 93.9 Å². The minimum Gasteiger partial charge on any atom is -0.391 e. The van der Waals surface area contributed by atoms with Gasteiger partial charge in [-0.3, -0.25) is 19.3 Å². The second-order valence-electron chi connectivity index (χ2n) is 16.2. The van der Waals surface area contributed by atoms with Crippen LogP contribution in [0, 0.1) is 17.8 Å². The third-order valence-electron chi connectivity index (χ3n) is 12.7. The van der Waals surface area contributed by atoms with Crippen LogP contribution in [0.4, 0.5) is 0 Å². The van der Waals surface area contributed by atoms with Gasteiger partial charge < -0.3 is 20.2 Å². The Morgan fingerprint density at radius 3 is 1.79 bits per heavy atom. The fourth-order valence-corrected chi connectivity index (χ4v) is 9.87. The molecule has 5 fully saturated rings. The number of β-amino-alcohol motifs (C(OH)–C–C–N with tert-alkyl or cyclic N) is 1. The molecule has 0 spiro atoms. The van der Waals surface area contributed by atoms with E-state index in [9.17, 15) is 19.5 Å². The van der Waals surface area contributed by atoms with Gasteiger partial charge in [0.05, 0.1) is 11.5 Å². The minimum absolute atomic E-state index is 0. The highest BCUT2D eigenvalue weighted by Crippen LogP contribution is 2.48. The maximum Gasteiger partial charge on any atom is 0.246 e. The maximum absolute atomic E-state index is 14.7. The Hall–Kier alpha value is -3.53. The van der Waals surface area contributed by atoms with E-state index in [-0.39, 0.29) is 54.1 Å². The Morgan fingerprint density at radius 2 is 1.25 bits per heavy atom. The van der Waals surface area contributed by atoms with Gasteiger partial charge in [0, 0.05) is 45.1 Å². The summed E-state index contributed by atoms with van der Waals surface area (Å²) in [5.41, 5.74) is 2.13. The van der Waals surface area contributed by atoms with Crippen molar-refractivity contribution in [1.82, 2.24) is 20.0 Å². The minimum atomic E-state index is -0.815. The van der Waals surface area contributed by atoms with Gasteiger partial charge in [-0.15, -0.1) is 17.0 Å². The molecule has 0 unspecified atom stereocenters. The molecular formula is C44H55BrN4O4. The summed E-state index contributed by atoms with van der Waals surface area (Å²) < 4.78 is 0. The van der Waals surface area contributed by atoms with E-state index >= 15 is 0 Å². The molecular weight excluding hydrogens is 728 g/mol. The molecule has 3 saturated heterocycles. The van der Waals surface area contributed by atoms with E-state index in [1.807, 2.05) is 54.6 Å². The fourth-order valence-electron chi connectivity index (χ4n) is 9.87. The highest BCUT2D eigenvalue weighted by Gasteiger charge is 2.48. The van der Waals surface area contributed by atoms with Crippen molar-refractivity contribution < 1.29 is 19.5 Å². The van der Waals surface area contributed by atoms with Crippen LogP contribution in [0.25, 0.3) is 0 Å². The average molecular weight is 784 g/mol. The second kappa shape index (κ2) is 16.5. The number of aliphatic hydroxyl groups excluding tert-OH is 1. The number of rotatable bonds is 12. The third-order valence-corrected chi connectivity index (χ3v) is 12.7. The largest absolute Gasteiger partial charge is 0.391 e. The molecule has 3 aromatic carbocycles. The molecule has 5 aliphatic rings. The predicted octanol–water partition coefficient (Wildman–Crippen LogP) is 5.96. The van der Waals surface area contributed by atoms with Crippen LogP contribution < -0.4 is 5.32 Å². The Morgan fingerprint density at radius 1 is 0.698 bits per heavy atom. The van der Waals surface area contributed by atoms with Gasteiger partial charge in [0.1, 0.15) is 12.1 Å². The molecule has 4 atom stereocenters. The molecule has 282 valence electrons. The lowest BCUT2D eigenvalue weighted by molar-refractivity contribution is -0.147. The fraction of sp³-hybridized carbons (Fsp3) is 0.523. The van der Waals surface area contributed by atoms with Gasteiger partial charge in [0.2, 0.25) is 17.7 Å². The molecule has 3 heterocycles. The van der Waals surface area contributed by atoms with Crippen LogP contribution in [0.1, 0.15) is 80.9 Å². The van der Waals surface area contributed by atoms with Crippen LogP contribution in [-0.4, -0.2) is 94.5 Å². The second-order valence-corrected chi connectivity index (χ2v) is 16.2. The van der Waals surface area contributed by atoms with Gasteiger partial charge in [0.15, 0.2) is 0 Å². The first-order valence-electron chi connectivity index (χ1n) is 19.9. The summed E-state index contributed by atoms with van der Waals surface area (Å²) in [5, 5.41) is 14.2. The standard InChI is InChI=1S/C44H54N4O4.BrH/c49-37-26-39(43(52)47-25-11-19-38(47)42(51)45-28-31-12-10-24-46(29-31)41(32-20-21-32)33-22-23-33)48(30-37)40(50)27-44(34-13-4-1-5-14-34,35-15-6-2-7-16-35)36-17-8-3-9-18-36;/h1-9,13-18,31-33,37-39,41,49H,10-12,19-30H2,(H,45,51);1H/t31-,37+,38+,39-;/m0./s1. The van der Waals surface area contributed by atoms with Crippen molar-refractivity contribution in [2.24, 2.45) is 17.8 Å². The van der Waals surface area contributed by atoms with Crippen LogP contribution >= 0.6 is 17.0 Å². The average Bonchev–Trinajstić information content (AvgIpc) is 4.12. The quantitative estimate of drug-likeness (QED) is 0.222. The Bertz CT molecular complexity index is 1590. The smallest absolute Gasteiger partial charge is 0.246 e. The van der Waals surface area contributed by atoms with E-state index in [0.29, 0.717) is 25.4 Å². The number of nitrogens with one attached hydrogen (secondary N) is 1. The number of carbonyl (C=O) groups excluding carboxylic acids is 3. The summed E-state index contributed by atoms with van der Waals surface area (Å²) in [7, 11) is 0. The van der Waals surface area contributed by atoms with Gasteiger partial charge in [-0.1, -0.05) is 91.0 Å². The lowest BCUT2D eigenvalue weighted by atomic mass is 9.67. The SMILES string of the molecule is Br.O=C(NC[C@@H]1CCCN(C(C2CC2)C2CC2)C1)[C@H]1CCCN1C(=O)[C@@H]1C[C@@H](O)CN1C(=O)CC(c1ccccc1)(c1ccccc1)c1ccccc1. The molecule has 9 heteroatoms. The van der Waals surface area contributed by atoms with Crippen molar-refractivity contribution in [1.29, 1.82) is 0 Å².